The average molecular weight is 338 g/mol. The van der Waals surface area contributed by atoms with E-state index < -0.39 is 0 Å². The third-order valence-corrected chi connectivity index (χ3v) is 5.40. The highest BCUT2D eigenvalue weighted by Gasteiger charge is 2.19. The van der Waals surface area contributed by atoms with Crippen molar-refractivity contribution < 1.29 is 0 Å². The van der Waals surface area contributed by atoms with Crippen LogP contribution in [0.2, 0.25) is 10.0 Å². The summed E-state index contributed by atoms with van der Waals surface area (Å²) < 4.78 is 0. The summed E-state index contributed by atoms with van der Waals surface area (Å²) in [5.41, 5.74) is 2.42. The number of benzene rings is 2. The molecule has 0 amide bonds. The van der Waals surface area contributed by atoms with E-state index >= 15 is 0 Å². The molecule has 0 saturated heterocycles. The lowest BCUT2D eigenvalue weighted by molar-refractivity contribution is 0.687. The van der Waals surface area contributed by atoms with E-state index in [4.69, 9.17) is 23.2 Å². The van der Waals surface area contributed by atoms with Crippen molar-refractivity contribution in [3.05, 3.63) is 63.6 Å². The van der Waals surface area contributed by atoms with Crippen molar-refractivity contribution in [1.82, 2.24) is 5.32 Å². The van der Waals surface area contributed by atoms with Crippen LogP contribution in [0.4, 0.5) is 0 Å². The fraction of sp³-hybridized carbons (Fsp3) is 0.294. The molecule has 0 aromatic heterocycles. The summed E-state index contributed by atoms with van der Waals surface area (Å²) in [5, 5.41) is 4.83. The normalized spacial score (nSPS) is 14.4. The highest BCUT2D eigenvalue weighted by Crippen LogP contribution is 2.31. The third-order valence-electron chi connectivity index (χ3n) is 3.50. The molecule has 3 rings (SSSR count). The summed E-state index contributed by atoms with van der Waals surface area (Å²) in [7, 11) is 0. The van der Waals surface area contributed by atoms with Gasteiger partial charge < -0.3 is 5.32 Å². The summed E-state index contributed by atoms with van der Waals surface area (Å²) in [6.45, 7) is 0.955. The van der Waals surface area contributed by atoms with Gasteiger partial charge in [-0.2, -0.15) is 0 Å². The van der Waals surface area contributed by atoms with Crippen LogP contribution in [0.3, 0.4) is 0 Å². The molecule has 1 nitrogen and oxygen atoms in total. The smallest absolute Gasteiger partial charge is 0.0632 e. The molecule has 0 unspecified atom stereocenters. The summed E-state index contributed by atoms with van der Waals surface area (Å²) in [5.74, 6) is 0.832. The molecule has 1 saturated carbocycles. The van der Waals surface area contributed by atoms with E-state index in [2.05, 4.69) is 29.6 Å². The van der Waals surface area contributed by atoms with Crippen molar-refractivity contribution >= 4 is 35.0 Å². The minimum absolute atomic E-state index is 0.622. The largest absolute Gasteiger partial charge is 0.310 e. The molecule has 21 heavy (non-hydrogen) atoms. The second kappa shape index (κ2) is 7.06. The molecule has 2 aromatic carbocycles. The fourth-order valence-corrected chi connectivity index (χ4v) is 3.55. The van der Waals surface area contributed by atoms with Gasteiger partial charge in [0.15, 0.2) is 0 Å². The van der Waals surface area contributed by atoms with Gasteiger partial charge in [0, 0.05) is 23.2 Å². The standard InChI is InChI=1S/C17H17Cl2NS/c18-16-6-2-4-13(17(16)19)11-21-15-5-1-3-12(9-15)10-20-14-7-8-14/h1-6,9,14,20H,7-8,10-11H2. The molecule has 0 spiro atoms. The molecule has 0 heterocycles. The summed E-state index contributed by atoms with van der Waals surface area (Å²) in [6, 6.07) is 15.2. The van der Waals surface area contributed by atoms with Crippen LogP contribution in [-0.2, 0) is 12.3 Å². The zero-order valence-corrected chi connectivity index (χ0v) is 13.9. The first-order chi connectivity index (χ1) is 10.2. The Labute approximate surface area is 140 Å². The van der Waals surface area contributed by atoms with Gasteiger partial charge in [0.2, 0.25) is 0 Å². The first-order valence-electron chi connectivity index (χ1n) is 7.10. The molecule has 0 atom stereocenters. The van der Waals surface area contributed by atoms with E-state index in [0.717, 1.165) is 23.9 Å². The molecule has 1 fully saturated rings. The minimum Gasteiger partial charge on any atom is -0.310 e. The predicted octanol–water partition coefficient (Wildman–Crippen LogP) is 5.54. The van der Waals surface area contributed by atoms with Crippen LogP contribution in [0.1, 0.15) is 24.0 Å². The predicted molar refractivity (Wildman–Crippen MR) is 92.3 cm³/mol. The molecular weight excluding hydrogens is 321 g/mol. The minimum atomic E-state index is 0.622. The molecule has 0 aliphatic heterocycles. The van der Waals surface area contributed by atoms with Gasteiger partial charge in [0.25, 0.3) is 0 Å². The second-order valence-corrected chi connectivity index (χ2v) is 7.14. The lowest BCUT2D eigenvalue weighted by atomic mass is 10.2. The zero-order valence-electron chi connectivity index (χ0n) is 11.6. The van der Waals surface area contributed by atoms with Gasteiger partial charge in [-0.1, -0.05) is 47.5 Å². The van der Waals surface area contributed by atoms with Crippen molar-refractivity contribution in [2.45, 2.75) is 36.1 Å². The number of rotatable bonds is 6. The maximum atomic E-state index is 6.23. The Morgan fingerprint density at radius 3 is 2.71 bits per heavy atom. The molecule has 4 heteroatoms. The van der Waals surface area contributed by atoms with Gasteiger partial charge in [-0.05, 0) is 42.2 Å². The van der Waals surface area contributed by atoms with Gasteiger partial charge in [-0.15, -0.1) is 11.8 Å². The Balaban J connectivity index is 1.61. The van der Waals surface area contributed by atoms with Crippen molar-refractivity contribution in [2.75, 3.05) is 0 Å². The monoisotopic (exact) mass is 337 g/mol. The quantitative estimate of drug-likeness (QED) is 0.694. The van der Waals surface area contributed by atoms with Crippen LogP contribution >= 0.6 is 35.0 Å². The number of hydrogen-bond acceptors (Lipinski definition) is 2. The lowest BCUT2D eigenvalue weighted by Gasteiger charge is -2.08. The number of halogens is 2. The summed E-state index contributed by atoms with van der Waals surface area (Å²) >= 11 is 14.1. The van der Waals surface area contributed by atoms with Crippen LogP contribution in [0.5, 0.6) is 0 Å². The topological polar surface area (TPSA) is 12.0 Å². The maximum Gasteiger partial charge on any atom is 0.0632 e. The van der Waals surface area contributed by atoms with Gasteiger partial charge in [0.1, 0.15) is 0 Å². The third kappa shape index (κ3) is 4.40. The van der Waals surface area contributed by atoms with Gasteiger partial charge in [-0.3, -0.25) is 0 Å². The van der Waals surface area contributed by atoms with Crippen molar-refractivity contribution in [2.24, 2.45) is 0 Å². The van der Waals surface area contributed by atoms with Crippen LogP contribution < -0.4 is 5.32 Å². The average Bonchev–Trinajstić information content (AvgIpc) is 3.31. The van der Waals surface area contributed by atoms with Gasteiger partial charge >= 0.3 is 0 Å². The Bertz CT molecular complexity index is 626. The van der Waals surface area contributed by atoms with E-state index in [-0.39, 0.29) is 0 Å². The molecule has 1 aliphatic carbocycles. The molecule has 0 bridgehead atoms. The molecular formula is C17H17Cl2NS. The van der Waals surface area contributed by atoms with E-state index in [1.165, 1.54) is 23.3 Å². The number of thioether (sulfide) groups is 1. The molecule has 1 N–H and O–H groups in total. The number of hydrogen-bond donors (Lipinski definition) is 1. The Hall–Kier alpha value is -0.670. The Morgan fingerprint density at radius 1 is 1.10 bits per heavy atom. The summed E-state index contributed by atoms with van der Waals surface area (Å²) in [6.07, 6.45) is 2.64. The van der Waals surface area contributed by atoms with Gasteiger partial charge in [-0.25, -0.2) is 0 Å². The van der Waals surface area contributed by atoms with E-state index in [1.54, 1.807) is 11.8 Å². The first kappa shape index (κ1) is 15.2. The number of nitrogens with one attached hydrogen (secondary N) is 1. The van der Waals surface area contributed by atoms with Crippen molar-refractivity contribution in [3.63, 3.8) is 0 Å². The van der Waals surface area contributed by atoms with Crippen LogP contribution in [0.15, 0.2) is 47.4 Å². The molecule has 2 aromatic rings. The SMILES string of the molecule is Clc1cccc(CSc2cccc(CNC3CC3)c2)c1Cl. The Morgan fingerprint density at radius 2 is 1.90 bits per heavy atom. The summed E-state index contributed by atoms with van der Waals surface area (Å²) in [4.78, 5) is 1.26. The van der Waals surface area contributed by atoms with Crippen LogP contribution in [-0.4, -0.2) is 6.04 Å². The lowest BCUT2D eigenvalue weighted by Crippen LogP contribution is -2.15. The zero-order chi connectivity index (χ0) is 14.7. The fourth-order valence-electron chi connectivity index (χ4n) is 2.12. The highest BCUT2D eigenvalue weighted by atomic mass is 35.5. The Kier molecular flexibility index (Phi) is 5.12. The van der Waals surface area contributed by atoms with Crippen molar-refractivity contribution in [3.8, 4) is 0 Å². The molecule has 110 valence electrons. The van der Waals surface area contributed by atoms with E-state index in [1.807, 2.05) is 18.2 Å². The molecule has 1 aliphatic rings. The first-order valence-corrected chi connectivity index (χ1v) is 8.84. The van der Waals surface area contributed by atoms with E-state index in [9.17, 15) is 0 Å². The maximum absolute atomic E-state index is 6.23. The van der Waals surface area contributed by atoms with Crippen LogP contribution in [0, 0.1) is 0 Å². The highest BCUT2D eigenvalue weighted by molar-refractivity contribution is 7.98. The van der Waals surface area contributed by atoms with Gasteiger partial charge in [0.05, 0.1) is 10.0 Å². The van der Waals surface area contributed by atoms with Crippen molar-refractivity contribution in [1.29, 1.82) is 0 Å². The molecule has 0 radical (unpaired) electrons. The second-order valence-electron chi connectivity index (χ2n) is 5.30. The van der Waals surface area contributed by atoms with E-state index in [0.29, 0.717) is 10.0 Å². The van der Waals surface area contributed by atoms with Crippen LogP contribution in [0.25, 0.3) is 0 Å².